The van der Waals surface area contributed by atoms with Crippen molar-refractivity contribution in [1.29, 1.82) is 0 Å². The minimum Gasteiger partial charge on any atom is -0.480 e. The van der Waals surface area contributed by atoms with Crippen molar-refractivity contribution in [1.82, 2.24) is 0 Å². The van der Waals surface area contributed by atoms with E-state index in [1.54, 1.807) is 0 Å². The molecule has 0 aliphatic heterocycles. The lowest BCUT2D eigenvalue weighted by Crippen LogP contribution is -2.39. The summed E-state index contributed by atoms with van der Waals surface area (Å²) in [5, 5.41) is 8.76. The second-order valence-corrected chi connectivity index (χ2v) is 3.12. The molecule has 0 amide bonds. The van der Waals surface area contributed by atoms with Gasteiger partial charge in [0.1, 0.15) is 6.04 Å². The van der Waals surface area contributed by atoms with Crippen LogP contribution in [-0.2, 0) is 4.79 Å². The van der Waals surface area contributed by atoms with Crippen LogP contribution < -0.4 is 11.5 Å². The van der Waals surface area contributed by atoms with E-state index in [-0.39, 0.29) is 12.5 Å². The number of benzene rings is 1. The molecule has 0 saturated carbocycles. The molecule has 0 radical (unpaired) electrons. The van der Waals surface area contributed by atoms with Crippen molar-refractivity contribution in [2.45, 2.75) is 12.0 Å². The lowest BCUT2D eigenvalue weighted by molar-refractivity contribution is -0.139. The number of rotatable bonds is 4. The summed E-state index contributed by atoms with van der Waals surface area (Å²) < 4.78 is 0. The molecule has 1 aromatic rings. The largest absolute Gasteiger partial charge is 0.480 e. The summed E-state index contributed by atoms with van der Waals surface area (Å²) in [4.78, 5) is 10.7. The second kappa shape index (κ2) is 4.74. The molecule has 76 valence electrons. The van der Waals surface area contributed by atoms with Crippen LogP contribution in [0.25, 0.3) is 0 Å². The summed E-state index contributed by atoms with van der Waals surface area (Å²) in [5.41, 5.74) is 11.9. The first-order chi connectivity index (χ1) is 6.66. The molecule has 1 rings (SSSR count). The Kier molecular flexibility index (Phi) is 3.62. The van der Waals surface area contributed by atoms with Crippen LogP contribution in [0, 0.1) is 0 Å². The Morgan fingerprint density at radius 2 is 1.93 bits per heavy atom. The summed E-state index contributed by atoms with van der Waals surface area (Å²) in [6, 6.07) is 8.27. The Hall–Kier alpha value is -1.39. The Bertz CT molecular complexity index is 300. The molecule has 0 saturated heterocycles. The van der Waals surface area contributed by atoms with Crippen LogP contribution in [0.2, 0.25) is 0 Å². The third kappa shape index (κ3) is 2.31. The third-order valence-corrected chi connectivity index (χ3v) is 2.20. The zero-order valence-electron chi connectivity index (χ0n) is 7.76. The lowest BCUT2D eigenvalue weighted by atomic mass is 9.92. The third-order valence-electron chi connectivity index (χ3n) is 2.20. The molecule has 0 aromatic heterocycles. The minimum atomic E-state index is -1.02. The van der Waals surface area contributed by atoms with Gasteiger partial charge in [-0.15, -0.1) is 0 Å². The van der Waals surface area contributed by atoms with Crippen LogP contribution in [0.3, 0.4) is 0 Å². The molecule has 0 fully saturated rings. The van der Waals surface area contributed by atoms with Crippen molar-refractivity contribution in [2.24, 2.45) is 11.5 Å². The minimum absolute atomic E-state index is 0.234. The van der Waals surface area contributed by atoms with Gasteiger partial charge in [0.15, 0.2) is 0 Å². The summed E-state index contributed by atoms with van der Waals surface area (Å²) >= 11 is 0. The molecule has 0 aliphatic rings. The molecule has 14 heavy (non-hydrogen) atoms. The molecular weight excluding hydrogens is 180 g/mol. The number of aliphatic carboxylic acids is 1. The van der Waals surface area contributed by atoms with Gasteiger partial charge in [-0.3, -0.25) is 4.79 Å². The van der Waals surface area contributed by atoms with Crippen LogP contribution in [0.5, 0.6) is 0 Å². The van der Waals surface area contributed by atoms with Crippen LogP contribution in [0.15, 0.2) is 30.3 Å². The van der Waals surface area contributed by atoms with E-state index in [0.717, 1.165) is 5.56 Å². The molecular formula is C10H14N2O2. The van der Waals surface area contributed by atoms with Gasteiger partial charge < -0.3 is 16.6 Å². The maximum Gasteiger partial charge on any atom is 0.321 e. The lowest BCUT2D eigenvalue weighted by Gasteiger charge is -2.18. The first kappa shape index (κ1) is 10.7. The monoisotopic (exact) mass is 194 g/mol. The topological polar surface area (TPSA) is 89.3 Å². The SMILES string of the molecule is NC[C@@H](c1ccccc1)[C@H](N)C(=O)O. The van der Waals surface area contributed by atoms with E-state index in [1.807, 2.05) is 30.3 Å². The van der Waals surface area contributed by atoms with E-state index in [4.69, 9.17) is 16.6 Å². The molecule has 2 atom stereocenters. The van der Waals surface area contributed by atoms with Gasteiger partial charge in [0.25, 0.3) is 0 Å². The highest BCUT2D eigenvalue weighted by molar-refractivity contribution is 5.74. The van der Waals surface area contributed by atoms with Gasteiger partial charge in [0, 0.05) is 12.5 Å². The van der Waals surface area contributed by atoms with Crippen LogP contribution in [0.1, 0.15) is 11.5 Å². The normalized spacial score (nSPS) is 14.7. The van der Waals surface area contributed by atoms with Gasteiger partial charge in [-0.05, 0) is 5.56 Å². The fraction of sp³-hybridized carbons (Fsp3) is 0.300. The van der Waals surface area contributed by atoms with Crippen LogP contribution in [-0.4, -0.2) is 23.7 Å². The van der Waals surface area contributed by atoms with Gasteiger partial charge in [-0.2, -0.15) is 0 Å². The Morgan fingerprint density at radius 3 is 2.36 bits per heavy atom. The molecule has 4 heteroatoms. The Labute approximate surface area is 82.5 Å². The van der Waals surface area contributed by atoms with Crippen LogP contribution >= 0.6 is 0 Å². The summed E-state index contributed by atoms with van der Waals surface area (Å²) in [6.07, 6.45) is 0. The molecule has 0 spiro atoms. The van der Waals surface area contributed by atoms with Gasteiger partial charge in [-0.25, -0.2) is 0 Å². The molecule has 0 aliphatic carbocycles. The van der Waals surface area contributed by atoms with Crippen molar-refractivity contribution in [3.05, 3.63) is 35.9 Å². The molecule has 1 aromatic carbocycles. The highest BCUT2D eigenvalue weighted by atomic mass is 16.4. The maximum atomic E-state index is 10.7. The maximum absolute atomic E-state index is 10.7. The summed E-state index contributed by atoms with van der Waals surface area (Å²) in [5.74, 6) is -1.35. The smallest absolute Gasteiger partial charge is 0.321 e. The molecule has 5 N–H and O–H groups in total. The summed E-state index contributed by atoms with van der Waals surface area (Å²) in [7, 11) is 0. The molecule has 0 bridgehead atoms. The van der Waals surface area contributed by atoms with E-state index in [0.29, 0.717) is 0 Å². The van der Waals surface area contributed by atoms with Gasteiger partial charge in [0.2, 0.25) is 0 Å². The standard InChI is InChI=1S/C10H14N2O2/c11-6-8(9(12)10(13)14)7-4-2-1-3-5-7/h1-5,8-9H,6,11-12H2,(H,13,14)/t8-,9-/m0/s1. The zero-order chi connectivity index (χ0) is 10.6. The van der Waals surface area contributed by atoms with E-state index in [9.17, 15) is 4.79 Å². The predicted molar refractivity (Wildman–Crippen MR) is 53.8 cm³/mol. The highest BCUT2D eigenvalue weighted by Crippen LogP contribution is 2.16. The van der Waals surface area contributed by atoms with Crippen molar-refractivity contribution >= 4 is 5.97 Å². The number of carboxylic acids is 1. The number of hydrogen-bond acceptors (Lipinski definition) is 3. The Morgan fingerprint density at radius 1 is 1.36 bits per heavy atom. The number of hydrogen-bond donors (Lipinski definition) is 3. The van der Waals surface area contributed by atoms with Crippen molar-refractivity contribution in [3.8, 4) is 0 Å². The number of carbonyl (C=O) groups is 1. The number of carboxylic acid groups (broad SMARTS) is 1. The van der Waals surface area contributed by atoms with Gasteiger partial charge in [0.05, 0.1) is 0 Å². The number of nitrogens with two attached hydrogens (primary N) is 2. The predicted octanol–water partition coefficient (Wildman–Crippen LogP) is 0.141. The average Bonchev–Trinajstić information content (AvgIpc) is 2.20. The van der Waals surface area contributed by atoms with E-state index < -0.39 is 12.0 Å². The van der Waals surface area contributed by atoms with Crippen LogP contribution in [0.4, 0.5) is 0 Å². The van der Waals surface area contributed by atoms with Crippen molar-refractivity contribution in [3.63, 3.8) is 0 Å². The van der Waals surface area contributed by atoms with E-state index in [1.165, 1.54) is 0 Å². The molecule has 0 heterocycles. The second-order valence-electron chi connectivity index (χ2n) is 3.12. The molecule has 4 nitrogen and oxygen atoms in total. The molecule has 0 unspecified atom stereocenters. The highest BCUT2D eigenvalue weighted by Gasteiger charge is 2.23. The fourth-order valence-corrected chi connectivity index (χ4v) is 1.36. The van der Waals surface area contributed by atoms with Crippen molar-refractivity contribution < 1.29 is 9.90 Å². The van der Waals surface area contributed by atoms with Gasteiger partial charge in [-0.1, -0.05) is 30.3 Å². The summed E-state index contributed by atoms with van der Waals surface area (Å²) in [6.45, 7) is 0.234. The first-order valence-electron chi connectivity index (χ1n) is 4.40. The quantitative estimate of drug-likeness (QED) is 0.636. The Balaban J connectivity index is 2.87. The van der Waals surface area contributed by atoms with E-state index in [2.05, 4.69) is 0 Å². The van der Waals surface area contributed by atoms with Crippen molar-refractivity contribution in [2.75, 3.05) is 6.54 Å². The average molecular weight is 194 g/mol. The first-order valence-corrected chi connectivity index (χ1v) is 4.40. The zero-order valence-corrected chi connectivity index (χ0v) is 7.76. The van der Waals surface area contributed by atoms with E-state index >= 15 is 0 Å². The fourth-order valence-electron chi connectivity index (χ4n) is 1.36. The van der Waals surface area contributed by atoms with Gasteiger partial charge >= 0.3 is 5.97 Å².